The fraction of sp³-hybridized carbons (Fsp3) is 1.00. The Balaban J connectivity index is 3.82. The second-order valence-corrected chi connectivity index (χ2v) is 4.69. The number of alkyl halides is 1. The quantitative estimate of drug-likeness (QED) is 0.495. The number of hydrogen-bond acceptors (Lipinski definition) is 3. The van der Waals surface area contributed by atoms with Gasteiger partial charge in [-0.25, -0.2) is 0 Å². The van der Waals surface area contributed by atoms with Gasteiger partial charge in [-0.3, -0.25) is 4.18 Å². The summed E-state index contributed by atoms with van der Waals surface area (Å²) in [5.41, 5.74) is 0. The standard InChI is InChI=1S/C6H13ClO3S/c1-6(2)5-11(8,9)10-4-3-7/h6H,3-5H2,1-2H3. The molecule has 0 aliphatic heterocycles. The predicted molar refractivity (Wildman–Crippen MR) is 45.3 cm³/mol. The summed E-state index contributed by atoms with van der Waals surface area (Å²) in [7, 11) is -3.33. The molecule has 0 atom stereocenters. The Morgan fingerprint density at radius 1 is 1.45 bits per heavy atom. The second-order valence-electron chi connectivity index (χ2n) is 2.63. The first kappa shape index (κ1) is 11.2. The molecule has 0 aromatic carbocycles. The number of rotatable bonds is 5. The van der Waals surface area contributed by atoms with E-state index in [0.29, 0.717) is 0 Å². The molecule has 0 aliphatic rings. The lowest BCUT2D eigenvalue weighted by Crippen LogP contribution is -2.15. The van der Waals surface area contributed by atoms with E-state index in [-0.39, 0.29) is 24.2 Å². The van der Waals surface area contributed by atoms with Crippen LogP contribution >= 0.6 is 11.6 Å². The van der Waals surface area contributed by atoms with Crippen molar-refractivity contribution in [2.45, 2.75) is 13.8 Å². The molecule has 0 rings (SSSR count). The highest BCUT2D eigenvalue weighted by atomic mass is 35.5. The molecule has 0 radical (unpaired) electrons. The average molecular weight is 201 g/mol. The first-order valence-electron chi connectivity index (χ1n) is 3.41. The summed E-state index contributed by atoms with van der Waals surface area (Å²) in [5, 5.41) is 0. The molecular formula is C6H13ClO3S. The van der Waals surface area contributed by atoms with Gasteiger partial charge in [-0.1, -0.05) is 13.8 Å². The van der Waals surface area contributed by atoms with Gasteiger partial charge in [0.15, 0.2) is 0 Å². The average Bonchev–Trinajstić information content (AvgIpc) is 1.81. The monoisotopic (exact) mass is 200 g/mol. The van der Waals surface area contributed by atoms with E-state index in [9.17, 15) is 8.42 Å². The summed E-state index contributed by atoms with van der Waals surface area (Å²) in [5.74, 6) is 0.358. The lowest BCUT2D eigenvalue weighted by Gasteiger charge is -2.05. The van der Waals surface area contributed by atoms with Crippen molar-refractivity contribution in [2.24, 2.45) is 5.92 Å². The molecule has 68 valence electrons. The van der Waals surface area contributed by atoms with Gasteiger partial charge in [0.2, 0.25) is 0 Å². The Kier molecular flexibility index (Phi) is 5.04. The van der Waals surface area contributed by atoms with Crippen LogP contribution in [-0.4, -0.2) is 26.7 Å². The lowest BCUT2D eigenvalue weighted by atomic mass is 10.3. The first-order chi connectivity index (χ1) is 4.98. The first-order valence-corrected chi connectivity index (χ1v) is 5.52. The van der Waals surface area contributed by atoms with Crippen LogP contribution < -0.4 is 0 Å². The predicted octanol–water partition coefficient (Wildman–Crippen LogP) is 1.23. The minimum atomic E-state index is -3.33. The molecule has 0 aliphatic carbocycles. The summed E-state index contributed by atoms with van der Waals surface area (Å²) in [6.07, 6.45) is 0. The Hall–Kier alpha value is 0.200. The SMILES string of the molecule is CC(C)CS(=O)(=O)OCCCl. The molecule has 0 saturated carbocycles. The fourth-order valence-corrected chi connectivity index (χ4v) is 2.03. The largest absolute Gasteiger partial charge is 0.269 e. The molecule has 0 amide bonds. The summed E-state index contributed by atoms with van der Waals surface area (Å²) in [4.78, 5) is 0. The zero-order valence-corrected chi connectivity index (χ0v) is 8.28. The number of halogens is 1. The van der Waals surface area contributed by atoms with Crippen LogP contribution in [0.1, 0.15) is 13.8 Å². The third-order valence-corrected chi connectivity index (χ3v) is 2.63. The van der Waals surface area contributed by atoms with Crippen molar-refractivity contribution < 1.29 is 12.6 Å². The van der Waals surface area contributed by atoms with Gasteiger partial charge in [0.1, 0.15) is 0 Å². The van der Waals surface area contributed by atoms with Gasteiger partial charge < -0.3 is 0 Å². The van der Waals surface area contributed by atoms with Crippen LogP contribution in [0.3, 0.4) is 0 Å². The molecule has 11 heavy (non-hydrogen) atoms. The van der Waals surface area contributed by atoms with Crippen LogP contribution in [0.25, 0.3) is 0 Å². The van der Waals surface area contributed by atoms with E-state index in [0.717, 1.165) is 0 Å². The summed E-state index contributed by atoms with van der Waals surface area (Å²) >= 11 is 5.25. The van der Waals surface area contributed by atoms with Crippen LogP contribution in [0.2, 0.25) is 0 Å². The van der Waals surface area contributed by atoms with Crippen molar-refractivity contribution in [1.29, 1.82) is 0 Å². The second kappa shape index (κ2) is 4.95. The van der Waals surface area contributed by atoms with E-state index in [1.807, 2.05) is 13.8 Å². The summed E-state index contributed by atoms with van der Waals surface area (Å²) in [6, 6.07) is 0. The molecule has 0 aromatic heterocycles. The van der Waals surface area contributed by atoms with Gasteiger partial charge >= 0.3 is 0 Å². The van der Waals surface area contributed by atoms with Crippen molar-refractivity contribution in [3.05, 3.63) is 0 Å². The molecule has 0 fully saturated rings. The van der Waals surface area contributed by atoms with Gasteiger partial charge in [0.25, 0.3) is 10.1 Å². The Morgan fingerprint density at radius 3 is 2.36 bits per heavy atom. The van der Waals surface area contributed by atoms with Crippen LogP contribution in [0.5, 0.6) is 0 Å². The fourth-order valence-electron chi connectivity index (χ4n) is 0.615. The molecule has 0 heterocycles. The van der Waals surface area contributed by atoms with E-state index >= 15 is 0 Å². The van der Waals surface area contributed by atoms with Crippen LogP contribution in [-0.2, 0) is 14.3 Å². The summed E-state index contributed by atoms with van der Waals surface area (Å²) < 4.78 is 26.4. The highest BCUT2D eigenvalue weighted by Gasteiger charge is 2.12. The van der Waals surface area contributed by atoms with Crippen molar-refractivity contribution in [1.82, 2.24) is 0 Å². The van der Waals surface area contributed by atoms with E-state index in [1.54, 1.807) is 0 Å². The van der Waals surface area contributed by atoms with Gasteiger partial charge in [-0.05, 0) is 5.92 Å². The maximum Gasteiger partial charge on any atom is 0.267 e. The van der Waals surface area contributed by atoms with E-state index < -0.39 is 10.1 Å². The maximum absolute atomic E-state index is 10.9. The molecule has 0 spiro atoms. The molecule has 3 nitrogen and oxygen atoms in total. The molecule has 0 N–H and O–H groups in total. The Labute approximate surface area is 72.8 Å². The summed E-state index contributed by atoms with van der Waals surface area (Å²) in [6.45, 7) is 3.71. The maximum atomic E-state index is 10.9. The van der Waals surface area contributed by atoms with Gasteiger partial charge in [0.05, 0.1) is 12.4 Å². The van der Waals surface area contributed by atoms with Gasteiger partial charge in [-0.2, -0.15) is 8.42 Å². The molecular weight excluding hydrogens is 188 g/mol. The molecule has 0 unspecified atom stereocenters. The molecule has 0 saturated heterocycles. The minimum absolute atomic E-state index is 0.0594. The third-order valence-electron chi connectivity index (χ3n) is 0.878. The van der Waals surface area contributed by atoms with Crippen LogP contribution in [0.4, 0.5) is 0 Å². The zero-order chi connectivity index (χ0) is 8.91. The van der Waals surface area contributed by atoms with E-state index in [4.69, 9.17) is 11.6 Å². The normalized spacial score (nSPS) is 12.4. The van der Waals surface area contributed by atoms with E-state index in [2.05, 4.69) is 4.18 Å². The molecule has 5 heteroatoms. The Morgan fingerprint density at radius 2 is 2.00 bits per heavy atom. The van der Waals surface area contributed by atoms with Gasteiger partial charge in [0, 0.05) is 5.88 Å². The Bertz CT molecular complexity index is 186. The smallest absolute Gasteiger partial charge is 0.267 e. The third kappa shape index (κ3) is 6.59. The van der Waals surface area contributed by atoms with Crippen molar-refractivity contribution in [3.63, 3.8) is 0 Å². The van der Waals surface area contributed by atoms with Crippen molar-refractivity contribution in [2.75, 3.05) is 18.2 Å². The molecule has 0 bridgehead atoms. The minimum Gasteiger partial charge on any atom is -0.269 e. The highest BCUT2D eigenvalue weighted by Crippen LogP contribution is 2.01. The van der Waals surface area contributed by atoms with Crippen LogP contribution in [0, 0.1) is 5.92 Å². The number of hydrogen-bond donors (Lipinski definition) is 0. The van der Waals surface area contributed by atoms with Crippen LogP contribution in [0.15, 0.2) is 0 Å². The van der Waals surface area contributed by atoms with Crippen molar-refractivity contribution in [3.8, 4) is 0 Å². The zero-order valence-electron chi connectivity index (χ0n) is 6.71. The molecule has 0 aromatic rings. The lowest BCUT2D eigenvalue weighted by molar-refractivity contribution is 0.337. The topological polar surface area (TPSA) is 43.4 Å². The highest BCUT2D eigenvalue weighted by molar-refractivity contribution is 7.86. The van der Waals surface area contributed by atoms with Crippen molar-refractivity contribution >= 4 is 21.7 Å². The van der Waals surface area contributed by atoms with Gasteiger partial charge in [-0.15, -0.1) is 11.6 Å². The van der Waals surface area contributed by atoms with E-state index in [1.165, 1.54) is 0 Å².